The lowest BCUT2D eigenvalue weighted by molar-refractivity contribution is -0.141. The van der Waals surface area contributed by atoms with Gasteiger partial charge in [-0.3, -0.25) is 4.79 Å². The molecular formula is C34H41FO5. The van der Waals surface area contributed by atoms with Crippen molar-refractivity contribution in [3.63, 3.8) is 0 Å². The molecule has 0 spiro atoms. The lowest BCUT2D eigenvalue weighted by Crippen LogP contribution is -2.24. The number of ether oxygens (including phenoxy) is 4. The average Bonchev–Trinajstić information content (AvgIpc) is 3.81. The zero-order valence-electron chi connectivity index (χ0n) is 24.5. The van der Waals surface area contributed by atoms with Gasteiger partial charge >= 0.3 is 5.97 Å². The fourth-order valence-corrected chi connectivity index (χ4v) is 5.37. The molecule has 1 aliphatic rings. The standard InChI is InChI=1S/C34H41FO5/c1-7-34(2,3)33(39-6)30-17-22(11-15-27(30)29-19-25(37-4)14-16-31(29)35)21-40-26-10-8-9-24(18-26)28(23-12-13-23)20-32(36)38-5/h8-11,14-19,23,28,33H,7,12-13,20-21H2,1-6H3/t28-,33+/m0/s1. The van der Waals surface area contributed by atoms with Gasteiger partial charge in [0.1, 0.15) is 23.9 Å². The molecule has 1 fully saturated rings. The highest BCUT2D eigenvalue weighted by molar-refractivity contribution is 5.71. The van der Waals surface area contributed by atoms with Crippen LogP contribution in [0.25, 0.3) is 11.1 Å². The first-order valence-corrected chi connectivity index (χ1v) is 14.0. The van der Waals surface area contributed by atoms with E-state index in [0.717, 1.165) is 47.3 Å². The summed E-state index contributed by atoms with van der Waals surface area (Å²) in [5, 5.41) is 0. The summed E-state index contributed by atoms with van der Waals surface area (Å²) in [6.45, 7) is 6.79. The van der Waals surface area contributed by atoms with Crippen LogP contribution in [0.3, 0.4) is 0 Å². The topological polar surface area (TPSA) is 54.0 Å². The minimum atomic E-state index is -0.316. The molecule has 1 aliphatic carbocycles. The molecule has 0 saturated heterocycles. The van der Waals surface area contributed by atoms with E-state index in [1.807, 2.05) is 30.3 Å². The van der Waals surface area contributed by atoms with E-state index < -0.39 is 0 Å². The zero-order valence-corrected chi connectivity index (χ0v) is 24.5. The fraction of sp³-hybridized carbons (Fsp3) is 0.441. The van der Waals surface area contributed by atoms with Gasteiger partial charge in [-0.05, 0) is 95.2 Å². The van der Waals surface area contributed by atoms with Crippen LogP contribution in [0.4, 0.5) is 4.39 Å². The number of hydrogen-bond acceptors (Lipinski definition) is 5. The Morgan fingerprint density at radius 2 is 1.75 bits per heavy atom. The van der Waals surface area contributed by atoms with Gasteiger partial charge in [0.2, 0.25) is 0 Å². The number of hydrogen-bond donors (Lipinski definition) is 0. The number of esters is 1. The van der Waals surface area contributed by atoms with E-state index in [2.05, 4.69) is 32.9 Å². The number of halogens is 1. The van der Waals surface area contributed by atoms with E-state index >= 15 is 4.39 Å². The fourth-order valence-electron chi connectivity index (χ4n) is 5.37. The van der Waals surface area contributed by atoms with Crippen LogP contribution in [0.1, 0.15) is 75.2 Å². The molecule has 40 heavy (non-hydrogen) atoms. The Kier molecular flexibility index (Phi) is 9.52. The normalized spacial score (nSPS) is 14.9. The molecule has 0 radical (unpaired) electrons. The first kappa shape index (κ1) is 29.6. The second-order valence-corrected chi connectivity index (χ2v) is 11.3. The molecule has 0 heterocycles. The lowest BCUT2D eigenvalue weighted by atomic mass is 9.77. The molecule has 3 aromatic carbocycles. The largest absolute Gasteiger partial charge is 0.497 e. The molecule has 3 aromatic rings. The van der Waals surface area contributed by atoms with Gasteiger partial charge in [0.05, 0.1) is 26.7 Å². The van der Waals surface area contributed by atoms with E-state index in [-0.39, 0.29) is 29.2 Å². The minimum Gasteiger partial charge on any atom is -0.497 e. The molecule has 214 valence electrons. The molecule has 6 heteroatoms. The molecule has 4 rings (SSSR count). The van der Waals surface area contributed by atoms with Crippen LogP contribution >= 0.6 is 0 Å². The SMILES string of the molecule is CCC(C)(C)[C@H](OC)c1cc(COc2cccc([C@@H](CC(=O)OC)C3CC3)c2)ccc1-c1cc(OC)ccc1F. The van der Waals surface area contributed by atoms with Crippen LogP contribution in [0.15, 0.2) is 60.7 Å². The second kappa shape index (κ2) is 12.9. The van der Waals surface area contributed by atoms with Crippen molar-refractivity contribution in [1.29, 1.82) is 0 Å². The monoisotopic (exact) mass is 548 g/mol. The molecule has 0 bridgehead atoms. The highest BCUT2D eigenvalue weighted by Gasteiger charge is 2.34. The van der Waals surface area contributed by atoms with Crippen molar-refractivity contribution < 1.29 is 28.1 Å². The quantitative estimate of drug-likeness (QED) is 0.201. The number of benzene rings is 3. The molecular weight excluding hydrogens is 507 g/mol. The number of methoxy groups -OCH3 is 3. The molecule has 0 unspecified atom stereocenters. The summed E-state index contributed by atoms with van der Waals surface area (Å²) >= 11 is 0. The van der Waals surface area contributed by atoms with Crippen molar-refractivity contribution in [2.45, 2.75) is 65.1 Å². The van der Waals surface area contributed by atoms with Gasteiger partial charge in [0, 0.05) is 12.7 Å². The predicted octanol–water partition coefficient (Wildman–Crippen LogP) is 8.26. The summed E-state index contributed by atoms with van der Waals surface area (Å²) in [6.07, 6.45) is 3.25. The molecule has 0 N–H and O–H groups in total. The number of rotatable bonds is 13. The van der Waals surface area contributed by atoms with Gasteiger partial charge < -0.3 is 18.9 Å². The number of carbonyl (C=O) groups is 1. The molecule has 2 atom stereocenters. The van der Waals surface area contributed by atoms with Gasteiger partial charge in [0.15, 0.2) is 0 Å². The summed E-state index contributed by atoms with van der Waals surface area (Å²) in [7, 11) is 4.71. The van der Waals surface area contributed by atoms with Gasteiger partial charge in [-0.1, -0.05) is 45.0 Å². The Morgan fingerprint density at radius 3 is 2.40 bits per heavy atom. The van der Waals surface area contributed by atoms with E-state index in [1.54, 1.807) is 26.4 Å². The second-order valence-electron chi connectivity index (χ2n) is 11.3. The molecule has 0 aliphatic heterocycles. The maximum absolute atomic E-state index is 15.1. The van der Waals surface area contributed by atoms with Crippen LogP contribution in [0.5, 0.6) is 11.5 Å². The summed E-state index contributed by atoms with van der Waals surface area (Å²) in [6, 6.07) is 18.8. The van der Waals surface area contributed by atoms with Crippen LogP contribution in [0.2, 0.25) is 0 Å². The van der Waals surface area contributed by atoms with Crippen LogP contribution < -0.4 is 9.47 Å². The molecule has 0 amide bonds. The van der Waals surface area contributed by atoms with Gasteiger partial charge in [-0.25, -0.2) is 4.39 Å². The first-order chi connectivity index (χ1) is 19.2. The minimum absolute atomic E-state index is 0.137. The number of carbonyl (C=O) groups excluding carboxylic acids is 1. The summed E-state index contributed by atoms with van der Waals surface area (Å²) in [5.41, 5.74) is 4.01. The predicted molar refractivity (Wildman–Crippen MR) is 155 cm³/mol. The Balaban J connectivity index is 1.64. The van der Waals surface area contributed by atoms with E-state index in [4.69, 9.17) is 18.9 Å². The zero-order chi connectivity index (χ0) is 28.9. The van der Waals surface area contributed by atoms with Crippen LogP contribution in [0, 0.1) is 17.2 Å². The Hall–Kier alpha value is -3.38. The highest BCUT2D eigenvalue weighted by Crippen LogP contribution is 2.46. The van der Waals surface area contributed by atoms with Crippen molar-refractivity contribution in [3.05, 3.63) is 83.2 Å². The molecule has 1 saturated carbocycles. The molecule has 0 aromatic heterocycles. The Morgan fingerprint density at radius 1 is 0.975 bits per heavy atom. The van der Waals surface area contributed by atoms with Crippen molar-refractivity contribution in [2.24, 2.45) is 11.3 Å². The maximum Gasteiger partial charge on any atom is 0.306 e. The summed E-state index contributed by atoms with van der Waals surface area (Å²) < 4.78 is 37.7. The lowest BCUT2D eigenvalue weighted by Gasteiger charge is -2.34. The maximum atomic E-state index is 15.1. The van der Waals surface area contributed by atoms with Crippen molar-refractivity contribution in [2.75, 3.05) is 21.3 Å². The first-order valence-electron chi connectivity index (χ1n) is 14.0. The highest BCUT2D eigenvalue weighted by atomic mass is 19.1. The third kappa shape index (κ3) is 6.84. The summed E-state index contributed by atoms with van der Waals surface area (Å²) in [5.74, 6) is 1.48. The van der Waals surface area contributed by atoms with Crippen molar-refractivity contribution >= 4 is 5.97 Å². The van der Waals surface area contributed by atoms with E-state index in [0.29, 0.717) is 30.3 Å². The Labute approximate surface area is 237 Å². The molecule has 5 nitrogen and oxygen atoms in total. The van der Waals surface area contributed by atoms with E-state index in [9.17, 15) is 4.79 Å². The van der Waals surface area contributed by atoms with Crippen LogP contribution in [-0.4, -0.2) is 27.3 Å². The van der Waals surface area contributed by atoms with Gasteiger partial charge in [-0.15, -0.1) is 0 Å². The Bertz CT molecular complexity index is 1310. The van der Waals surface area contributed by atoms with Gasteiger partial charge in [-0.2, -0.15) is 0 Å². The smallest absolute Gasteiger partial charge is 0.306 e. The third-order valence-electron chi connectivity index (χ3n) is 8.22. The van der Waals surface area contributed by atoms with E-state index in [1.165, 1.54) is 13.2 Å². The summed E-state index contributed by atoms with van der Waals surface area (Å²) in [4.78, 5) is 12.0. The third-order valence-corrected chi connectivity index (χ3v) is 8.22. The van der Waals surface area contributed by atoms with Crippen molar-refractivity contribution in [1.82, 2.24) is 0 Å². The van der Waals surface area contributed by atoms with Gasteiger partial charge in [0.25, 0.3) is 0 Å². The van der Waals surface area contributed by atoms with Crippen LogP contribution in [-0.2, 0) is 20.9 Å². The van der Waals surface area contributed by atoms with Crippen molar-refractivity contribution in [3.8, 4) is 22.6 Å². The average molecular weight is 549 g/mol.